The largest absolute Gasteiger partial charge is 0.493 e. The van der Waals surface area contributed by atoms with Gasteiger partial charge in [-0.05, 0) is 54.1 Å². The Morgan fingerprint density at radius 1 is 0.781 bits per heavy atom. The molecule has 3 aromatic carbocycles. The van der Waals surface area contributed by atoms with Crippen molar-refractivity contribution in [2.24, 2.45) is 0 Å². The van der Waals surface area contributed by atoms with E-state index in [0.717, 1.165) is 42.4 Å². The predicted octanol–water partition coefficient (Wildman–Crippen LogP) is 4.45. The molecule has 0 N–H and O–H groups in total. The first-order valence-electron chi connectivity index (χ1n) is 10.7. The van der Waals surface area contributed by atoms with Crippen LogP contribution < -0.4 is 14.2 Å². The van der Waals surface area contributed by atoms with E-state index < -0.39 is 0 Å². The Morgan fingerprint density at radius 3 is 2.09 bits per heavy atom. The standard InChI is InChI=1S/C26H28N2O4/c1-30-24-13-8-20(18-25(24)31-2)19-27-14-16-28(17-15-27)26(29)21-9-11-23(12-10-21)32-22-6-4-3-5-7-22/h3-13,18H,14-17,19H2,1-2H3. The van der Waals surface area contributed by atoms with Gasteiger partial charge in [0.15, 0.2) is 11.5 Å². The third kappa shape index (κ3) is 5.21. The van der Waals surface area contributed by atoms with Gasteiger partial charge in [-0.3, -0.25) is 9.69 Å². The normalized spacial score (nSPS) is 14.1. The molecule has 0 aromatic heterocycles. The minimum absolute atomic E-state index is 0.0574. The second kappa shape index (κ2) is 10.2. The van der Waals surface area contributed by atoms with Crippen LogP contribution in [0.15, 0.2) is 72.8 Å². The second-order valence-electron chi connectivity index (χ2n) is 7.70. The van der Waals surface area contributed by atoms with Gasteiger partial charge in [-0.25, -0.2) is 0 Å². The van der Waals surface area contributed by atoms with Crippen LogP contribution in [0.4, 0.5) is 0 Å². The number of carbonyl (C=O) groups is 1. The molecule has 1 fully saturated rings. The minimum atomic E-state index is 0.0574. The van der Waals surface area contributed by atoms with E-state index >= 15 is 0 Å². The highest BCUT2D eigenvalue weighted by atomic mass is 16.5. The lowest BCUT2D eigenvalue weighted by atomic mass is 10.1. The van der Waals surface area contributed by atoms with Crippen molar-refractivity contribution in [3.05, 3.63) is 83.9 Å². The van der Waals surface area contributed by atoms with E-state index in [-0.39, 0.29) is 5.91 Å². The van der Waals surface area contributed by atoms with Crippen molar-refractivity contribution in [1.29, 1.82) is 0 Å². The van der Waals surface area contributed by atoms with Crippen LogP contribution in [-0.4, -0.2) is 56.1 Å². The van der Waals surface area contributed by atoms with Crippen molar-refractivity contribution in [3.8, 4) is 23.0 Å². The number of ether oxygens (including phenoxy) is 3. The third-order valence-electron chi connectivity index (χ3n) is 5.59. The summed E-state index contributed by atoms with van der Waals surface area (Å²) in [7, 11) is 3.28. The Balaban J connectivity index is 1.30. The number of hydrogen-bond acceptors (Lipinski definition) is 5. The van der Waals surface area contributed by atoms with E-state index in [4.69, 9.17) is 14.2 Å². The third-order valence-corrected chi connectivity index (χ3v) is 5.59. The highest BCUT2D eigenvalue weighted by Crippen LogP contribution is 2.28. The quantitative estimate of drug-likeness (QED) is 0.552. The van der Waals surface area contributed by atoms with E-state index in [2.05, 4.69) is 11.0 Å². The zero-order valence-electron chi connectivity index (χ0n) is 18.5. The number of rotatable bonds is 7. The summed E-state index contributed by atoms with van der Waals surface area (Å²) in [6, 6.07) is 22.9. The Hall–Kier alpha value is -3.51. The van der Waals surface area contributed by atoms with Crippen LogP contribution in [0.2, 0.25) is 0 Å². The molecule has 166 valence electrons. The molecule has 1 heterocycles. The molecule has 1 aliphatic rings. The van der Waals surface area contributed by atoms with Gasteiger partial charge in [-0.2, -0.15) is 0 Å². The first kappa shape index (κ1) is 21.7. The maximum atomic E-state index is 12.9. The summed E-state index contributed by atoms with van der Waals surface area (Å²) in [6.07, 6.45) is 0. The second-order valence-corrected chi connectivity index (χ2v) is 7.70. The number of methoxy groups -OCH3 is 2. The van der Waals surface area contributed by atoms with E-state index in [9.17, 15) is 4.79 Å². The molecule has 0 atom stereocenters. The Morgan fingerprint density at radius 2 is 1.44 bits per heavy atom. The van der Waals surface area contributed by atoms with E-state index in [0.29, 0.717) is 24.4 Å². The van der Waals surface area contributed by atoms with Gasteiger partial charge in [0, 0.05) is 38.3 Å². The first-order valence-corrected chi connectivity index (χ1v) is 10.7. The number of carbonyl (C=O) groups excluding carboxylic acids is 1. The van der Waals surface area contributed by atoms with E-state index in [1.54, 1.807) is 14.2 Å². The molecular formula is C26H28N2O4. The fourth-order valence-corrected chi connectivity index (χ4v) is 3.82. The van der Waals surface area contributed by atoms with Gasteiger partial charge in [0.25, 0.3) is 5.91 Å². The fraction of sp³-hybridized carbons (Fsp3) is 0.269. The van der Waals surface area contributed by atoms with Gasteiger partial charge in [-0.15, -0.1) is 0 Å². The summed E-state index contributed by atoms with van der Waals surface area (Å²) in [5.74, 6) is 3.01. The average Bonchev–Trinajstić information content (AvgIpc) is 2.85. The minimum Gasteiger partial charge on any atom is -0.493 e. The first-order chi connectivity index (χ1) is 15.7. The molecule has 0 aliphatic carbocycles. The molecule has 32 heavy (non-hydrogen) atoms. The lowest BCUT2D eigenvalue weighted by Crippen LogP contribution is -2.48. The van der Waals surface area contributed by atoms with E-state index in [1.165, 1.54) is 0 Å². The molecule has 1 amide bonds. The molecule has 1 saturated heterocycles. The van der Waals surface area contributed by atoms with Gasteiger partial charge in [0.1, 0.15) is 11.5 Å². The summed E-state index contributed by atoms with van der Waals surface area (Å²) >= 11 is 0. The van der Waals surface area contributed by atoms with Crippen molar-refractivity contribution in [2.75, 3.05) is 40.4 Å². The summed E-state index contributed by atoms with van der Waals surface area (Å²) < 4.78 is 16.5. The van der Waals surface area contributed by atoms with Crippen LogP contribution in [-0.2, 0) is 6.54 Å². The number of amides is 1. The molecule has 0 saturated carbocycles. The monoisotopic (exact) mass is 432 g/mol. The van der Waals surface area contributed by atoms with Gasteiger partial charge in [0.05, 0.1) is 14.2 Å². The molecule has 1 aliphatic heterocycles. The molecule has 0 radical (unpaired) electrons. The molecular weight excluding hydrogens is 404 g/mol. The van der Waals surface area contributed by atoms with Gasteiger partial charge >= 0.3 is 0 Å². The maximum absolute atomic E-state index is 12.9. The SMILES string of the molecule is COc1ccc(CN2CCN(C(=O)c3ccc(Oc4ccccc4)cc3)CC2)cc1OC. The Kier molecular flexibility index (Phi) is 6.92. The zero-order valence-corrected chi connectivity index (χ0v) is 18.5. The molecule has 6 nitrogen and oxygen atoms in total. The molecule has 3 aromatic rings. The predicted molar refractivity (Wildman–Crippen MR) is 124 cm³/mol. The van der Waals surface area contributed by atoms with Crippen LogP contribution in [0.1, 0.15) is 15.9 Å². The van der Waals surface area contributed by atoms with Crippen molar-refractivity contribution < 1.29 is 19.0 Å². The van der Waals surface area contributed by atoms with Crippen molar-refractivity contribution in [2.45, 2.75) is 6.54 Å². The molecule has 0 bridgehead atoms. The highest BCUT2D eigenvalue weighted by Gasteiger charge is 2.22. The van der Waals surface area contributed by atoms with Crippen LogP contribution in [0.3, 0.4) is 0 Å². The summed E-state index contributed by atoms with van der Waals surface area (Å²) in [4.78, 5) is 17.2. The maximum Gasteiger partial charge on any atom is 0.253 e. The zero-order chi connectivity index (χ0) is 22.3. The molecule has 0 unspecified atom stereocenters. The number of nitrogens with zero attached hydrogens (tertiary/aromatic N) is 2. The number of hydrogen-bond donors (Lipinski definition) is 0. The number of para-hydroxylation sites is 1. The fourth-order valence-electron chi connectivity index (χ4n) is 3.82. The van der Waals surface area contributed by atoms with Crippen molar-refractivity contribution in [3.63, 3.8) is 0 Å². The van der Waals surface area contributed by atoms with Crippen LogP contribution in [0.5, 0.6) is 23.0 Å². The van der Waals surface area contributed by atoms with Gasteiger partial charge in [0.2, 0.25) is 0 Å². The van der Waals surface area contributed by atoms with Gasteiger partial charge in [-0.1, -0.05) is 24.3 Å². The van der Waals surface area contributed by atoms with Crippen molar-refractivity contribution in [1.82, 2.24) is 9.80 Å². The summed E-state index contributed by atoms with van der Waals surface area (Å²) in [6.45, 7) is 3.88. The number of piperazine rings is 1. The average molecular weight is 433 g/mol. The molecule has 4 rings (SSSR count). The molecule has 0 spiro atoms. The van der Waals surface area contributed by atoms with E-state index in [1.807, 2.05) is 71.6 Å². The Bertz CT molecular complexity index is 1030. The van der Waals surface area contributed by atoms with Crippen LogP contribution in [0, 0.1) is 0 Å². The molecule has 6 heteroatoms. The van der Waals surface area contributed by atoms with Crippen LogP contribution in [0.25, 0.3) is 0 Å². The lowest BCUT2D eigenvalue weighted by molar-refractivity contribution is 0.0628. The topological polar surface area (TPSA) is 51.2 Å². The highest BCUT2D eigenvalue weighted by molar-refractivity contribution is 5.94. The smallest absolute Gasteiger partial charge is 0.253 e. The lowest BCUT2D eigenvalue weighted by Gasteiger charge is -2.35. The Labute approximate surface area is 188 Å². The van der Waals surface area contributed by atoms with Crippen LogP contribution >= 0.6 is 0 Å². The number of benzene rings is 3. The van der Waals surface area contributed by atoms with Gasteiger partial charge < -0.3 is 19.1 Å². The summed E-state index contributed by atoms with van der Waals surface area (Å²) in [5.41, 5.74) is 1.84. The summed E-state index contributed by atoms with van der Waals surface area (Å²) in [5, 5.41) is 0. The van der Waals surface area contributed by atoms with Crippen molar-refractivity contribution >= 4 is 5.91 Å².